The molecule has 4 aromatic rings. The van der Waals surface area contributed by atoms with Gasteiger partial charge in [0.05, 0.1) is 26.4 Å². The Morgan fingerprint density at radius 3 is 1.55 bits per heavy atom. The predicted molar refractivity (Wildman–Crippen MR) is 198 cm³/mol. The van der Waals surface area contributed by atoms with E-state index in [4.69, 9.17) is 14.2 Å². The lowest BCUT2D eigenvalue weighted by molar-refractivity contribution is -0.138. The molecular formula is C42H38BrNO7. The van der Waals surface area contributed by atoms with Crippen molar-refractivity contribution >= 4 is 50.6 Å². The molecule has 0 unspecified atom stereocenters. The van der Waals surface area contributed by atoms with Crippen LogP contribution >= 0.6 is 15.9 Å². The Hall–Kier alpha value is -4.96. The second-order valence-corrected chi connectivity index (χ2v) is 12.7. The van der Waals surface area contributed by atoms with E-state index in [1.54, 1.807) is 13.8 Å². The summed E-state index contributed by atoms with van der Waals surface area (Å²) in [7, 11) is 0. The highest BCUT2D eigenvalue weighted by atomic mass is 79.9. The molecule has 0 N–H and O–H groups in total. The average Bonchev–Trinajstić information content (AvgIpc) is 3.63. The molecule has 1 fully saturated rings. The van der Waals surface area contributed by atoms with Crippen LogP contribution < -0.4 is 0 Å². The van der Waals surface area contributed by atoms with E-state index in [2.05, 4.69) is 20.8 Å². The molecule has 0 saturated carbocycles. The Labute approximate surface area is 305 Å². The Morgan fingerprint density at radius 2 is 1.10 bits per heavy atom. The van der Waals surface area contributed by atoms with Crippen molar-refractivity contribution in [1.29, 1.82) is 0 Å². The van der Waals surface area contributed by atoms with Crippen LogP contribution in [0.25, 0.3) is 11.1 Å². The number of carbonyl (C=O) groups is 4. The number of ketones is 2. The third-order valence-electron chi connectivity index (χ3n) is 8.90. The minimum atomic E-state index is -0.562. The largest absolute Gasteiger partial charge is 0.462 e. The molecule has 8 nitrogen and oxygen atoms in total. The number of rotatable bonds is 9. The number of nitrogens with zero attached hydrogens (tertiary/aromatic N) is 1. The molecule has 7 rings (SSSR count). The number of hydrogen-bond acceptors (Lipinski definition) is 8. The number of morpholine rings is 1. The van der Waals surface area contributed by atoms with Crippen molar-refractivity contribution in [1.82, 2.24) is 4.90 Å². The normalized spacial score (nSPS) is 15.3. The van der Waals surface area contributed by atoms with Crippen LogP contribution in [0.4, 0.5) is 0 Å². The molecule has 1 saturated heterocycles. The smallest absolute Gasteiger partial charge is 0.342 e. The van der Waals surface area contributed by atoms with Gasteiger partial charge in [0.25, 0.3) is 0 Å². The summed E-state index contributed by atoms with van der Waals surface area (Å²) in [5.74, 6) is -1.64. The first kappa shape index (κ1) is 35.9. The lowest BCUT2D eigenvalue weighted by Crippen LogP contribution is -2.35. The van der Waals surface area contributed by atoms with Crippen LogP contribution in [0.5, 0.6) is 0 Å². The fraction of sp³-hybridized carbons (Fsp3) is 0.238. The van der Waals surface area contributed by atoms with Gasteiger partial charge in [0.1, 0.15) is 11.1 Å². The maximum absolute atomic E-state index is 13.1. The van der Waals surface area contributed by atoms with Crippen LogP contribution in [0.3, 0.4) is 0 Å². The number of hydrogen-bond donors (Lipinski definition) is 0. The van der Waals surface area contributed by atoms with Gasteiger partial charge in [-0.15, -0.1) is 0 Å². The second-order valence-electron chi connectivity index (χ2n) is 12.1. The van der Waals surface area contributed by atoms with Crippen LogP contribution in [-0.2, 0) is 35.7 Å². The number of Topliss-reactive ketones (excluding diaryl/α,β-unsaturated/α-hetero) is 2. The van der Waals surface area contributed by atoms with Crippen molar-refractivity contribution in [2.45, 2.75) is 25.7 Å². The summed E-state index contributed by atoms with van der Waals surface area (Å²) >= 11 is 3.40. The molecule has 4 aromatic carbocycles. The van der Waals surface area contributed by atoms with Crippen LogP contribution in [0.2, 0.25) is 0 Å². The minimum Gasteiger partial charge on any atom is -0.462 e. The van der Waals surface area contributed by atoms with Gasteiger partial charge in [-0.05, 0) is 59.4 Å². The minimum absolute atomic E-state index is 0.125. The van der Waals surface area contributed by atoms with Gasteiger partial charge < -0.3 is 14.2 Å². The van der Waals surface area contributed by atoms with E-state index in [1.165, 1.54) is 0 Å². The van der Waals surface area contributed by atoms with Crippen molar-refractivity contribution in [3.05, 3.63) is 153 Å². The summed E-state index contributed by atoms with van der Waals surface area (Å²) in [6.45, 7) is 7.94. The summed E-state index contributed by atoms with van der Waals surface area (Å²) in [5.41, 5.74) is 8.04. The number of halogens is 1. The van der Waals surface area contributed by atoms with Crippen LogP contribution in [0, 0.1) is 0 Å². The van der Waals surface area contributed by atoms with Crippen molar-refractivity contribution in [3.8, 4) is 0 Å². The van der Waals surface area contributed by atoms with E-state index in [9.17, 15) is 19.2 Å². The second kappa shape index (κ2) is 16.4. The number of benzene rings is 4. The zero-order valence-electron chi connectivity index (χ0n) is 28.6. The monoisotopic (exact) mass is 747 g/mol. The predicted octanol–water partition coefficient (Wildman–Crippen LogP) is 7.22. The lowest BCUT2D eigenvalue weighted by Gasteiger charge is -2.26. The highest BCUT2D eigenvalue weighted by Gasteiger charge is 2.37. The van der Waals surface area contributed by atoms with Crippen molar-refractivity contribution in [2.24, 2.45) is 0 Å². The molecule has 51 heavy (non-hydrogen) atoms. The zero-order valence-corrected chi connectivity index (χ0v) is 30.2. The van der Waals surface area contributed by atoms with Gasteiger partial charge in [0.15, 0.2) is 0 Å². The fourth-order valence-corrected chi connectivity index (χ4v) is 6.91. The van der Waals surface area contributed by atoms with Crippen molar-refractivity contribution < 1.29 is 33.4 Å². The number of alkyl halides is 1. The third-order valence-corrected chi connectivity index (χ3v) is 9.55. The quantitative estimate of drug-likeness (QED) is 0.101. The summed E-state index contributed by atoms with van der Waals surface area (Å²) < 4.78 is 15.7. The molecule has 1 aliphatic heterocycles. The molecule has 0 spiro atoms. The highest BCUT2D eigenvalue weighted by molar-refractivity contribution is 9.08. The van der Waals surface area contributed by atoms with Crippen LogP contribution in [0.15, 0.2) is 108 Å². The van der Waals surface area contributed by atoms with Gasteiger partial charge in [-0.3, -0.25) is 14.5 Å². The zero-order chi connectivity index (χ0) is 35.9. The van der Waals surface area contributed by atoms with E-state index in [0.29, 0.717) is 27.6 Å². The topological polar surface area (TPSA) is 99.2 Å². The fourth-order valence-electron chi connectivity index (χ4n) is 6.56. The van der Waals surface area contributed by atoms with Gasteiger partial charge in [-0.2, -0.15) is 0 Å². The Kier molecular flexibility index (Phi) is 11.5. The molecule has 9 heteroatoms. The standard InChI is InChI=1S/C23H23NO4.C19H15BrO3/c1-2-28-23(26)21-20(17-6-4-3-5-7-17)18-9-8-16(14-19(18)22(21)25)15-24-10-12-27-13-11-24;1-2-23-19(22)17-16(13-6-4-3-5-7-13)14-9-8-12(11-20)10-15(14)18(17)21/h3-9,14H,2,10-13,15H2,1H3;3-10H,2,11H2,1H3. The Bertz CT molecular complexity index is 2030. The maximum atomic E-state index is 13.1. The molecular weight excluding hydrogens is 710 g/mol. The maximum Gasteiger partial charge on any atom is 0.342 e. The van der Waals surface area contributed by atoms with Gasteiger partial charge in [-0.1, -0.05) is 101 Å². The Balaban J connectivity index is 0.000000179. The lowest BCUT2D eigenvalue weighted by atomic mass is 9.96. The Morgan fingerprint density at radius 1 is 0.647 bits per heavy atom. The number of esters is 2. The van der Waals surface area contributed by atoms with Gasteiger partial charge >= 0.3 is 11.9 Å². The highest BCUT2D eigenvalue weighted by Crippen LogP contribution is 2.40. The van der Waals surface area contributed by atoms with Gasteiger partial charge in [0.2, 0.25) is 11.6 Å². The van der Waals surface area contributed by atoms with E-state index in [1.807, 2.05) is 97.1 Å². The van der Waals surface area contributed by atoms with Crippen LogP contribution in [-0.4, -0.2) is 67.9 Å². The van der Waals surface area contributed by atoms with E-state index in [0.717, 1.165) is 66.2 Å². The van der Waals surface area contributed by atoms with E-state index in [-0.39, 0.29) is 35.9 Å². The summed E-state index contributed by atoms with van der Waals surface area (Å²) in [6, 6.07) is 30.6. The van der Waals surface area contributed by atoms with Gasteiger partial charge in [-0.25, -0.2) is 9.59 Å². The van der Waals surface area contributed by atoms with E-state index < -0.39 is 11.9 Å². The third kappa shape index (κ3) is 7.56. The van der Waals surface area contributed by atoms with Crippen molar-refractivity contribution in [3.63, 3.8) is 0 Å². The first-order valence-electron chi connectivity index (χ1n) is 17.0. The molecule has 0 atom stereocenters. The molecule has 0 amide bonds. The molecule has 0 bridgehead atoms. The number of ether oxygens (including phenoxy) is 3. The first-order chi connectivity index (χ1) is 24.9. The summed E-state index contributed by atoms with van der Waals surface area (Å²) in [6.07, 6.45) is 0. The first-order valence-corrected chi connectivity index (χ1v) is 18.1. The number of fused-ring (bicyclic) bond motifs is 2. The molecule has 0 radical (unpaired) electrons. The average molecular weight is 749 g/mol. The molecule has 1 heterocycles. The molecule has 2 aliphatic carbocycles. The number of carbonyl (C=O) groups excluding carboxylic acids is 4. The van der Waals surface area contributed by atoms with Crippen LogP contribution in [0.1, 0.15) is 67.9 Å². The summed E-state index contributed by atoms with van der Waals surface area (Å²) in [4.78, 5) is 53.2. The summed E-state index contributed by atoms with van der Waals surface area (Å²) in [5, 5.41) is 0.656. The van der Waals surface area contributed by atoms with Crippen molar-refractivity contribution in [2.75, 3.05) is 39.5 Å². The molecule has 3 aliphatic rings. The van der Waals surface area contributed by atoms with E-state index >= 15 is 0 Å². The molecule has 260 valence electrons. The van der Waals surface area contributed by atoms with Gasteiger partial charge in [0, 0.05) is 47.2 Å². The SMILES string of the molecule is CCOC(=O)C1=C(c2ccccc2)c2ccc(CBr)cc2C1=O.CCOC(=O)C1=C(c2ccccc2)c2ccc(CN3CCOCC3)cc2C1=O. The molecule has 0 aromatic heterocycles.